The molecule has 0 saturated carbocycles. The Kier molecular flexibility index (Phi) is 6.22. The third-order valence-electron chi connectivity index (χ3n) is 2.47. The summed E-state index contributed by atoms with van der Waals surface area (Å²) in [4.78, 5) is 0. The Balaban J connectivity index is 2.86. The monoisotopic (exact) mass is 360 g/mol. The van der Waals surface area contributed by atoms with E-state index in [0.29, 0.717) is 12.4 Å². The first-order chi connectivity index (χ1) is 9.30. The summed E-state index contributed by atoms with van der Waals surface area (Å²) in [5, 5.41) is 9.34. The van der Waals surface area contributed by atoms with E-state index in [2.05, 4.69) is 15.9 Å². The van der Waals surface area contributed by atoms with Crippen LogP contribution in [0.2, 0.25) is 0 Å². The highest BCUT2D eigenvalue weighted by atomic mass is 79.9. The van der Waals surface area contributed by atoms with E-state index in [1.165, 1.54) is 13.2 Å². The summed E-state index contributed by atoms with van der Waals surface area (Å²) >= 11 is 3.06. The minimum atomic E-state index is -4.52. The van der Waals surface area contributed by atoms with E-state index in [-0.39, 0.29) is 16.6 Å². The van der Waals surface area contributed by atoms with E-state index in [4.69, 9.17) is 9.47 Å². The number of aliphatic hydroxyl groups excluding tert-OH is 1. The van der Waals surface area contributed by atoms with Crippen LogP contribution in [0.4, 0.5) is 17.6 Å². The van der Waals surface area contributed by atoms with Gasteiger partial charge in [0.2, 0.25) is 0 Å². The molecule has 1 aromatic carbocycles. The third-order valence-corrected chi connectivity index (χ3v) is 3.09. The van der Waals surface area contributed by atoms with Gasteiger partial charge in [-0.2, -0.15) is 8.78 Å². The lowest BCUT2D eigenvalue weighted by Gasteiger charge is -2.22. The normalized spacial score (nSPS) is 13.6. The molecule has 0 spiro atoms. The van der Waals surface area contributed by atoms with Gasteiger partial charge in [-0.1, -0.05) is 6.07 Å². The van der Waals surface area contributed by atoms with Crippen LogP contribution in [0, 0.1) is 0 Å². The van der Waals surface area contributed by atoms with Crippen LogP contribution < -0.4 is 4.74 Å². The second-order valence-corrected chi connectivity index (χ2v) is 4.76. The summed E-state index contributed by atoms with van der Waals surface area (Å²) in [5.41, 5.74) is -0.332. The molecule has 0 aliphatic carbocycles. The highest BCUT2D eigenvalue weighted by Gasteiger charge is 2.48. The van der Waals surface area contributed by atoms with Crippen LogP contribution in [-0.2, 0) is 4.74 Å². The number of halogens is 5. The van der Waals surface area contributed by atoms with E-state index in [1.807, 2.05) is 0 Å². The highest BCUT2D eigenvalue weighted by molar-refractivity contribution is 9.10. The maximum absolute atomic E-state index is 13.0. The molecule has 1 N–H and O–H groups in total. The molecule has 1 aromatic rings. The van der Waals surface area contributed by atoms with Crippen LogP contribution in [0.25, 0.3) is 0 Å². The number of alkyl halides is 4. The van der Waals surface area contributed by atoms with Gasteiger partial charge in [0.15, 0.2) is 0 Å². The molecule has 0 radical (unpaired) electrons. The fourth-order valence-electron chi connectivity index (χ4n) is 1.38. The van der Waals surface area contributed by atoms with Crippen molar-refractivity contribution in [3.05, 3.63) is 28.2 Å². The van der Waals surface area contributed by atoms with Crippen molar-refractivity contribution in [2.24, 2.45) is 0 Å². The van der Waals surface area contributed by atoms with Gasteiger partial charge in [-0.05, 0) is 33.6 Å². The summed E-state index contributed by atoms with van der Waals surface area (Å²) in [6, 6.07) is 3.52. The standard InChI is InChI=1S/C12H13BrF4O3/c1-19-4-5-20-9-3-2-7(6-8(9)13)10(18)12(16,17)11(14)15/h2-3,6,10-11,18H,4-5H2,1H3. The minimum Gasteiger partial charge on any atom is -0.490 e. The van der Waals surface area contributed by atoms with Gasteiger partial charge in [-0.25, -0.2) is 8.78 Å². The maximum Gasteiger partial charge on any atom is 0.336 e. The number of rotatable bonds is 7. The van der Waals surface area contributed by atoms with Gasteiger partial charge in [0, 0.05) is 7.11 Å². The topological polar surface area (TPSA) is 38.7 Å². The average Bonchev–Trinajstić information content (AvgIpc) is 2.39. The fourth-order valence-corrected chi connectivity index (χ4v) is 1.89. The van der Waals surface area contributed by atoms with Crippen molar-refractivity contribution in [3.63, 3.8) is 0 Å². The number of benzene rings is 1. The van der Waals surface area contributed by atoms with E-state index in [9.17, 15) is 22.7 Å². The van der Waals surface area contributed by atoms with Gasteiger partial charge in [0.1, 0.15) is 18.5 Å². The largest absolute Gasteiger partial charge is 0.490 e. The second-order valence-electron chi connectivity index (χ2n) is 3.91. The Labute approximate surface area is 121 Å². The summed E-state index contributed by atoms with van der Waals surface area (Å²) in [6.45, 7) is 0.574. The SMILES string of the molecule is COCCOc1ccc(C(O)C(F)(F)C(F)F)cc1Br. The Morgan fingerprint density at radius 3 is 2.45 bits per heavy atom. The smallest absolute Gasteiger partial charge is 0.336 e. The molecule has 0 fully saturated rings. The molecule has 0 amide bonds. The number of hydrogen-bond acceptors (Lipinski definition) is 3. The first-order valence-corrected chi connectivity index (χ1v) is 6.35. The Hall–Kier alpha value is -0.860. The van der Waals surface area contributed by atoms with Crippen LogP contribution in [-0.4, -0.2) is 37.8 Å². The number of aliphatic hydroxyl groups is 1. The molecule has 0 aliphatic rings. The molecule has 8 heteroatoms. The lowest BCUT2D eigenvalue weighted by atomic mass is 10.0. The Morgan fingerprint density at radius 1 is 1.30 bits per heavy atom. The first kappa shape index (κ1) is 17.2. The van der Waals surface area contributed by atoms with Gasteiger partial charge in [0.05, 0.1) is 11.1 Å². The summed E-state index contributed by atoms with van der Waals surface area (Å²) in [6.07, 6.45) is -6.54. The predicted molar refractivity (Wildman–Crippen MR) is 67.4 cm³/mol. The van der Waals surface area contributed by atoms with Crippen molar-refractivity contribution in [2.75, 3.05) is 20.3 Å². The van der Waals surface area contributed by atoms with Crippen molar-refractivity contribution in [1.82, 2.24) is 0 Å². The number of ether oxygens (including phenoxy) is 2. The number of hydrogen-bond donors (Lipinski definition) is 1. The first-order valence-electron chi connectivity index (χ1n) is 5.56. The second kappa shape index (κ2) is 7.24. The van der Waals surface area contributed by atoms with Gasteiger partial charge in [0.25, 0.3) is 0 Å². The van der Waals surface area contributed by atoms with E-state index in [1.54, 1.807) is 0 Å². The van der Waals surface area contributed by atoms with Gasteiger partial charge >= 0.3 is 12.3 Å². The van der Waals surface area contributed by atoms with Crippen molar-refractivity contribution in [2.45, 2.75) is 18.5 Å². The molecule has 1 rings (SSSR count). The molecule has 0 saturated heterocycles. The zero-order valence-electron chi connectivity index (χ0n) is 10.5. The van der Waals surface area contributed by atoms with E-state index >= 15 is 0 Å². The third kappa shape index (κ3) is 4.07. The van der Waals surface area contributed by atoms with Crippen LogP contribution in [0.1, 0.15) is 11.7 Å². The molecule has 0 aromatic heterocycles. The lowest BCUT2D eigenvalue weighted by molar-refractivity contribution is -0.193. The lowest BCUT2D eigenvalue weighted by Crippen LogP contribution is -2.34. The fraction of sp³-hybridized carbons (Fsp3) is 0.500. The summed E-state index contributed by atoms with van der Waals surface area (Å²) in [7, 11) is 1.49. The van der Waals surface area contributed by atoms with Gasteiger partial charge < -0.3 is 14.6 Å². The molecule has 0 bridgehead atoms. The molecule has 1 unspecified atom stereocenters. The molecule has 114 valence electrons. The van der Waals surface area contributed by atoms with Crippen molar-refractivity contribution < 1.29 is 32.1 Å². The molecule has 1 atom stereocenters. The summed E-state index contributed by atoms with van der Waals surface area (Å²) < 4.78 is 60.7. The van der Waals surface area contributed by atoms with Crippen LogP contribution >= 0.6 is 15.9 Å². The zero-order valence-corrected chi connectivity index (χ0v) is 12.0. The van der Waals surface area contributed by atoms with E-state index < -0.39 is 18.5 Å². The van der Waals surface area contributed by atoms with Crippen molar-refractivity contribution >= 4 is 15.9 Å². The van der Waals surface area contributed by atoms with Crippen LogP contribution in [0.3, 0.4) is 0 Å². The quantitative estimate of drug-likeness (QED) is 0.598. The molecule has 0 heterocycles. The van der Waals surface area contributed by atoms with Crippen molar-refractivity contribution in [1.29, 1.82) is 0 Å². The summed E-state index contributed by atoms with van der Waals surface area (Å²) in [5.74, 6) is -4.18. The Morgan fingerprint density at radius 2 is 1.95 bits per heavy atom. The van der Waals surface area contributed by atoms with Crippen LogP contribution in [0.15, 0.2) is 22.7 Å². The van der Waals surface area contributed by atoms with Crippen LogP contribution in [0.5, 0.6) is 5.75 Å². The zero-order chi connectivity index (χ0) is 15.3. The maximum atomic E-state index is 13.0. The molecule has 20 heavy (non-hydrogen) atoms. The van der Waals surface area contributed by atoms with E-state index in [0.717, 1.165) is 12.1 Å². The molecule has 3 nitrogen and oxygen atoms in total. The van der Waals surface area contributed by atoms with Gasteiger partial charge in [-0.3, -0.25) is 0 Å². The van der Waals surface area contributed by atoms with Crippen molar-refractivity contribution in [3.8, 4) is 5.75 Å². The minimum absolute atomic E-state index is 0.240. The van der Waals surface area contributed by atoms with Gasteiger partial charge in [-0.15, -0.1) is 0 Å². The highest BCUT2D eigenvalue weighted by Crippen LogP contribution is 2.38. The number of methoxy groups -OCH3 is 1. The molecular formula is C12H13BrF4O3. The molecule has 0 aliphatic heterocycles. The Bertz CT molecular complexity index is 443. The predicted octanol–water partition coefficient (Wildman–Crippen LogP) is 3.41. The average molecular weight is 361 g/mol. The molecular weight excluding hydrogens is 348 g/mol.